The molecular formula is C8H15NO2. The third kappa shape index (κ3) is 2.50. The predicted molar refractivity (Wildman–Crippen MR) is 42.4 cm³/mol. The van der Waals surface area contributed by atoms with Crippen LogP contribution < -0.4 is 0 Å². The van der Waals surface area contributed by atoms with Gasteiger partial charge >= 0.3 is 5.97 Å². The van der Waals surface area contributed by atoms with Gasteiger partial charge in [0.1, 0.15) is 0 Å². The summed E-state index contributed by atoms with van der Waals surface area (Å²) in [4.78, 5) is 12.5. The van der Waals surface area contributed by atoms with E-state index in [-0.39, 0.29) is 5.92 Å². The number of aliphatic carboxylic acids is 1. The summed E-state index contributed by atoms with van der Waals surface area (Å²) >= 11 is 0. The van der Waals surface area contributed by atoms with E-state index in [0.29, 0.717) is 5.92 Å². The van der Waals surface area contributed by atoms with Gasteiger partial charge in [-0.05, 0) is 39.4 Å². The number of carboxylic acids is 1. The predicted octanol–water partition coefficient (Wildman–Crippen LogP) is 0.659. The highest BCUT2D eigenvalue weighted by molar-refractivity contribution is 5.73. The lowest BCUT2D eigenvalue weighted by atomic mass is 10.2. The van der Waals surface area contributed by atoms with Gasteiger partial charge in [0.25, 0.3) is 0 Å². The average molecular weight is 157 g/mol. The smallest absolute Gasteiger partial charge is 0.306 e. The summed E-state index contributed by atoms with van der Waals surface area (Å²) in [6, 6.07) is 0. The molecule has 0 amide bonds. The fraction of sp³-hybridized carbons (Fsp3) is 0.875. The minimum atomic E-state index is -0.617. The van der Waals surface area contributed by atoms with Crippen LogP contribution in [0.1, 0.15) is 12.8 Å². The normalized spacial score (nSPS) is 29.0. The summed E-state index contributed by atoms with van der Waals surface area (Å²) in [6.07, 6.45) is 1.92. The molecule has 0 spiro atoms. The molecule has 1 N–H and O–H groups in total. The summed E-state index contributed by atoms with van der Waals surface area (Å²) in [5, 5.41) is 8.58. The first-order valence-corrected chi connectivity index (χ1v) is 3.99. The number of nitrogens with zero attached hydrogens (tertiary/aromatic N) is 1. The van der Waals surface area contributed by atoms with Gasteiger partial charge in [0.05, 0.1) is 5.92 Å². The average Bonchev–Trinajstić information content (AvgIpc) is 2.61. The van der Waals surface area contributed by atoms with Crippen LogP contribution in [0.2, 0.25) is 0 Å². The number of carbonyl (C=O) groups is 1. The number of hydrogen-bond acceptors (Lipinski definition) is 2. The molecule has 1 saturated carbocycles. The summed E-state index contributed by atoms with van der Waals surface area (Å²) in [6.45, 7) is 1.01. The lowest BCUT2D eigenvalue weighted by molar-refractivity contribution is -0.138. The van der Waals surface area contributed by atoms with Crippen LogP contribution in [0.25, 0.3) is 0 Å². The highest BCUT2D eigenvalue weighted by Gasteiger charge is 2.42. The van der Waals surface area contributed by atoms with E-state index >= 15 is 0 Å². The largest absolute Gasteiger partial charge is 0.481 e. The third-order valence-electron chi connectivity index (χ3n) is 2.19. The Morgan fingerprint density at radius 2 is 2.27 bits per heavy atom. The summed E-state index contributed by atoms with van der Waals surface area (Å²) in [5.41, 5.74) is 0. The first kappa shape index (κ1) is 8.53. The molecular weight excluding hydrogens is 142 g/mol. The number of rotatable bonds is 4. The molecule has 2 unspecified atom stereocenters. The van der Waals surface area contributed by atoms with Gasteiger partial charge in [0.15, 0.2) is 0 Å². The maximum Gasteiger partial charge on any atom is 0.306 e. The molecule has 64 valence electrons. The zero-order chi connectivity index (χ0) is 8.43. The lowest BCUT2D eigenvalue weighted by Gasteiger charge is -2.07. The van der Waals surface area contributed by atoms with E-state index in [1.165, 1.54) is 0 Å². The van der Waals surface area contributed by atoms with Crippen molar-refractivity contribution in [3.8, 4) is 0 Å². The zero-order valence-electron chi connectivity index (χ0n) is 7.08. The molecule has 0 aromatic heterocycles. The van der Waals surface area contributed by atoms with E-state index in [2.05, 4.69) is 4.90 Å². The van der Waals surface area contributed by atoms with Crippen LogP contribution in [0.5, 0.6) is 0 Å². The second-order valence-electron chi connectivity index (χ2n) is 3.53. The van der Waals surface area contributed by atoms with E-state index < -0.39 is 5.97 Å². The van der Waals surface area contributed by atoms with Crippen molar-refractivity contribution in [2.24, 2.45) is 11.8 Å². The molecule has 3 nitrogen and oxygen atoms in total. The van der Waals surface area contributed by atoms with Crippen LogP contribution in [0.15, 0.2) is 0 Å². The van der Waals surface area contributed by atoms with E-state index in [4.69, 9.17) is 5.11 Å². The first-order valence-electron chi connectivity index (χ1n) is 3.99. The fourth-order valence-corrected chi connectivity index (χ4v) is 1.29. The van der Waals surface area contributed by atoms with E-state index in [9.17, 15) is 4.79 Å². The van der Waals surface area contributed by atoms with Crippen molar-refractivity contribution in [1.82, 2.24) is 4.90 Å². The second-order valence-corrected chi connectivity index (χ2v) is 3.53. The summed E-state index contributed by atoms with van der Waals surface area (Å²) < 4.78 is 0. The van der Waals surface area contributed by atoms with Gasteiger partial charge in [0, 0.05) is 0 Å². The molecule has 1 aliphatic carbocycles. The van der Waals surface area contributed by atoms with E-state index in [1.54, 1.807) is 0 Å². The Labute approximate surface area is 67.0 Å². The van der Waals surface area contributed by atoms with Gasteiger partial charge < -0.3 is 10.0 Å². The Balaban J connectivity index is 2.09. The minimum Gasteiger partial charge on any atom is -0.481 e. The molecule has 1 rings (SSSR count). The Kier molecular flexibility index (Phi) is 2.49. The Hall–Kier alpha value is -0.570. The van der Waals surface area contributed by atoms with Crippen LogP contribution in [0.4, 0.5) is 0 Å². The van der Waals surface area contributed by atoms with Crippen molar-refractivity contribution >= 4 is 5.97 Å². The number of carboxylic acid groups (broad SMARTS) is 1. The maximum absolute atomic E-state index is 10.4. The third-order valence-corrected chi connectivity index (χ3v) is 2.19. The Morgan fingerprint density at radius 1 is 1.64 bits per heavy atom. The van der Waals surface area contributed by atoms with Crippen LogP contribution in [0, 0.1) is 11.8 Å². The minimum absolute atomic E-state index is 0.0325. The van der Waals surface area contributed by atoms with Gasteiger partial charge in [-0.3, -0.25) is 4.79 Å². The van der Waals surface area contributed by atoms with Gasteiger partial charge in [-0.2, -0.15) is 0 Å². The molecule has 1 fully saturated rings. The van der Waals surface area contributed by atoms with Crippen molar-refractivity contribution in [3.05, 3.63) is 0 Å². The molecule has 0 aliphatic heterocycles. The molecule has 0 aromatic rings. The van der Waals surface area contributed by atoms with Crippen molar-refractivity contribution in [2.75, 3.05) is 20.6 Å². The van der Waals surface area contributed by atoms with Crippen LogP contribution >= 0.6 is 0 Å². The summed E-state index contributed by atoms with van der Waals surface area (Å²) in [5.74, 6) is -0.196. The maximum atomic E-state index is 10.4. The lowest BCUT2D eigenvalue weighted by Crippen LogP contribution is -2.14. The fourth-order valence-electron chi connectivity index (χ4n) is 1.29. The molecule has 0 saturated heterocycles. The van der Waals surface area contributed by atoms with Crippen molar-refractivity contribution in [3.63, 3.8) is 0 Å². The molecule has 3 heteroatoms. The quantitative estimate of drug-likeness (QED) is 0.651. The van der Waals surface area contributed by atoms with Crippen LogP contribution in [-0.4, -0.2) is 36.6 Å². The Bertz CT molecular complexity index is 156. The molecule has 0 radical (unpaired) electrons. The molecule has 2 atom stereocenters. The molecule has 11 heavy (non-hydrogen) atoms. The Morgan fingerprint density at radius 3 is 2.64 bits per heavy atom. The number of hydrogen-bond donors (Lipinski definition) is 1. The zero-order valence-corrected chi connectivity index (χ0v) is 7.08. The van der Waals surface area contributed by atoms with Crippen molar-refractivity contribution in [1.29, 1.82) is 0 Å². The van der Waals surface area contributed by atoms with Gasteiger partial charge in [-0.15, -0.1) is 0 Å². The summed E-state index contributed by atoms with van der Waals surface area (Å²) in [7, 11) is 4.02. The van der Waals surface area contributed by atoms with Crippen LogP contribution in [-0.2, 0) is 4.79 Å². The molecule has 1 aliphatic rings. The molecule has 0 heterocycles. The highest BCUT2D eigenvalue weighted by atomic mass is 16.4. The van der Waals surface area contributed by atoms with Crippen molar-refractivity contribution < 1.29 is 9.90 Å². The monoisotopic (exact) mass is 157 g/mol. The standard InChI is InChI=1S/C8H15NO2/c1-9(2)4-3-6-5-7(6)8(10)11/h6-7H,3-5H2,1-2H3,(H,10,11). The van der Waals surface area contributed by atoms with E-state index in [0.717, 1.165) is 19.4 Å². The van der Waals surface area contributed by atoms with Crippen molar-refractivity contribution in [2.45, 2.75) is 12.8 Å². The second kappa shape index (κ2) is 3.22. The van der Waals surface area contributed by atoms with Gasteiger partial charge in [-0.25, -0.2) is 0 Å². The topological polar surface area (TPSA) is 40.5 Å². The first-order chi connectivity index (χ1) is 5.11. The van der Waals surface area contributed by atoms with Crippen LogP contribution in [0.3, 0.4) is 0 Å². The molecule has 0 bridgehead atoms. The highest BCUT2D eigenvalue weighted by Crippen LogP contribution is 2.41. The van der Waals surface area contributed by atoms with E-state index in [1.807, 2.05) is 14.1 Å². The van der Waals surface area contributed by atoms with Gasteiger partial charge in [-0.1, -0.05) is 0 Å². The van der Waals surface area contributed by atoms with Gasteiger partial charge in [0.2, 0.25) is 0 Å². The SMILES string of the molecule is CN(C)CCC1CC1C(=O)O. The molecule has 0 aromatic carbocycles.